The Kier molecular flexibility index (Phi) is 7.42. The zero-order chi connectivity index (χ0) is 19.5. The van der Waals surface area contributed by atoms with Crippen LogP contribution in [0.4, 0.5) is 0 Å². The molecule has 2 N–H and O–H groups in total. The molecule has 0 saturated carbocycles. The summed E-state index contributed by atoms with van der Waals surface area (Å²) in [6.45, 7) is -0.761. The van der Waals surface area contributed by atoms with Gasteiger partial charge in [-0.1, -0.05) is 24.1 Å². The Labute approximate surface area is 156 Å². The first-order valence-electron chi connectivity index (χ1n) is 8.05. The molecule has 7 nitrogen and oxygen atoms in total. The van der Waals surface area contributed by atoms with Crippen LogP contribution in [0.3, 0.4) is 0 Å². The summed E-state index contributed by atoms with van der Waals surface area (Å²) in [5, 5.41) is 4.77. The molecule has 0 atom stereocenters. The number of para-hydroxylation sites is 1. The van der Waals surface area contributed by atoms with Crippen LogP contribution in [-0.2, 0) is 14.3 Å². The number of carbonyl (C=O) groups excluding carboxylic acids is 3. The van der Waals surface area contributed by atoms with Crippen LogP contribution in [0.1, 0.15) is 10.4 Å². The van der Waals surface area contributed by atoms with Gasteiger partial charge >= 0.3 is 5.97 Å². The second-order valence-electron chi connectivity index (χ2n) is 5.26. The second kappa shape index (κ2) is 10.3. The summed E-state index contributed by atoms with van der Waals surface area (Å²) >= 11 is 0. The van der Waals surface area contributed by atoms with Gasteiger partial charge in [-0.2, -0.15) is 0 Å². The van der Waals surface area contributed by atoms with Crippen molar-refractivity contribution in [3.8, 4) is 23.8 Å². The molecule has 0 bridgehead atoms. The van der Waals surface area contributed by atoms with Crippen molar-refractivity contribution in [2.75, 3.05) is 19.7 Å². The van der Waals surface area contributed by atoms with Crippen LogP contribution >= 0.6 is 0 Å². The van der Waals surface area contributed by atoms with E-state index in [2.05, 4.69) is 16.6 Å². The van der Waals surface area contributed by atoms with Gasteiger partial charge in [0.2, 0.25) is 0 Å². The van der Waals surface area contributed by atoms with Gasteiger partial charge in [0.25, 0.3) is 11.8 Å². The number of ether oxygens (including phenoxy) is 2. The highest BCUT2D eigenvalue weighted by molar-refractivity contribution is 5.96. The highest BCUT2D eigenvalue weighted by Crippen LogP contribution is 2.21. The normalized spacial score (nSPS) is 9.59. The fourth-order valence-electron chi connectivity index (χ4n) is 1.95. The van der Waals surface area contributed by atoms with Gasteiger partial charge in [-0.05, 0) is 36.4 Å². The summed E-state index contributed by atoms with van der Waals surface area (Å²) in [6.07, 6.45) is 4.99. The van der Waals surface area contributed by atoms with Crippen LogP contribution < -0.4 is 15.4 Å². The molecular weight excluding hydrogens is 348 g/mol. The van der Waals surface area contributed by atoms with E-state index in [1.54, 1.807) is 24.3 Å². The van der Waals surface area contributed by atoms with E-state index in [1.807, 2.05) is 30.3 Å². The lowest BCUT2D eigenvalue weighted by atomic mass is 10.2. The molecule has 0 fully saturated rings. The number of rotatable bonds is 8. The Bertz CT molecular complexity index is 826. The summed E-state index contributed by atoms with van der Waals surface area (Å²) in [6, 6.07) is 15.7. The van der Waals surface area contributed by atoms with Gasteiger partial charge in [0.15, 0.2) is 6.61 Å². The molecule has 0 aliphatic rings. The highest BCUT2D eigenvalue weighted by Gasteiger charge is 2.11. The first kappa shape index (κ1) is 19.5. The molecule has 0 aromatic heterocycles. The summed E-state index contributed by atoms with van der Waals surface area (Å²) in [7, 11) is 0. The topological polar surface area (TPSA) is 93.7 Å². The van der Waals surface area contributed by atoms with Crippen molar-refractivity contribution in [1.82, 2.24) is 10.6 Å². The third-order valence-corrected chi connectivity index (χ3v) is 3.24. The second-order valence-corrected chi connectivity index (χ2v) is 5.26. The van der Waals surface area contributed by atoms with E-state index in [9.17, 15) is 14.4 Å². The molecule has 0 aliphatic heterocycles. The van der Waals surface area contributed by atoms with Gasteiger partial charge in [-0.25, -0.2) is 0 Å². The maximum atomic E-state index is 12.0. The van der Waals surface area contributed by atoms with Crippen molar-refractivity contribution in [1.29, 1.82) is 0 Å². The van der Waals surface area contributed by atoms with E-state index in [-0.39, 0.29) is 13.1 Å². The van der Waals surface area contributed by atoms with Crippen molar-refractivity contribution in [3.05, 3.63) is 60.2 Å². The lowest BCUT2D eigenvalue weighted by molar-refractivity contribution is -0.147. The molecule has 0 unspecified atom stereocenters. The number of esters is 1. The van der Waals surface area contributed by atoms with Crippen molar-refractivity contribution >= 4 is 17.8 Å². The average Bonchev–Trinajstić information content (AvgIpc) is 2.70. The maximum absolute atomic E-state index is 12.0. The van der Waals surface area contributed by atoms with Crippen molar-refractivity contribution in [2.45, 2.75) is 0 Å². The van der Waals surface area contributed by atoms with Gasteiger partial charge in [0.05, 0.1) is 6.54 Å². The molecule has 2 amide bonds. The van der Waals surface area contributed by atoms with E-state index in [4.69, 9.17) is 15.9 Å². The molecule has 2 rings (SSSR count). The largest absolute Gasteiger partial charge is 0.457 e. The maximum Gasteiger partial charge on any atom is 0.325 e. The molecule has 27 heavy (non-hydrogen) atoms. The molecule has 0 aliphatic carbocycles. The molecule has 0 heterocycles. The summed E-state index contributed by atoms with van der Waals surface area (Å²) in [5.41, 5.74) is 0.356. The molecule has 0 spiro atoms. The summed E-state index contributed by atoms with van der Waals surface area (Å²) < 4.78 is 10.4. The minimum Gasteiger partial charge on any atom is -0.457 e. The van der Waals surface area contributed by atoms with Crippen LogP contribution in [0.25, 0.3) is 0 Å². The minimum absolute atomic E-state index is 0.0527. The van der Waals surface area contributed by atoms with E-state index in [0.717, 1.165) is 0 Å². The quantitative estimate of drug-likeness (QED) is 0.546. The van der Waals surface area contributed by atoms with Gasteiger partial charge in [0.1, 0.15) is 18.0 Å². The fourth-order valence-corrected chi connectivity index (χ4v) is 1.95. The van der Waals surface area contributed by atoms with Crippen LogP contribution in [0.2, 0.25) is 0 Å². The van der Waals surface area contributed by atoms with Gasteiger partial charge in [0, 0.05) is 5.56 Å². The van der Waals surface area contributed by atoms with Crippen molar-refractivity contribution in [3.63, 3.8) is 0 Å². The van der Waals surface area contributed by atoms with Crippen LogP contribution in [0.5, 0.6) is 11.5 Å². The molecule has 0 saturated heterocycles. The number of hydrogen-bond donors (Lipinski definition) is 2. The predicted molar refractivity (Wildman–Crippen MR) is 98.1 cm³/mol. The van der Waals surface area contributed by atoms with Crippen molar-refractivity contribution < 1.29 is 23.9 Å². The number of amides is 2. The Morgan fingerprint density at radius 1 is 0.926 bits per heavy atom. The average molecular weight is 366 g/mol. The SMILES string of the molecule is C#CCNC(=O)COC(=O)CNC(=O)c1ccc(Oc2ccccc2)cc1. The number of terminal acetylenes is 1. The standard InChI is InChI=1S/C20H18N2O5/c1-2-12-21-18(23)14-26-19(24)13-22-20(25)15-8-10-17(11-9-15)27-16-6-4-3-5-7-16/h1,3-11H,12-14H2,(H,21,23)(H,22,25). The van der Waals surface area contributed by atoms with Gasteiger partial charge < -0.3 is 20.1 Å². The Balaban J connectivity index is 1.76. The van der Waals surface area contributed by atoms with E-state index in [0.29, 0.717) is 17.1 Å². The third kappa shape index (κ3) is 6.92. The van der Waals surface area contributed by atoms with Gasteiger partial charge in [-0.3, -0.25) is 14.4 Å². The number of carbonyl (C=O) groups is 3. The minimum atomic E-state index is -0.733. The Morgan fingerprint density at radius 3 is 2.26 bits per heavy atom. The van der Waals surface area contributed by atoms with Crippen LogP contribution in [-0.4, -0.2) is 37.5 Å². The van der Waals surface area contributed by atoms with E-state index in [1.165, 1.54) is 0 Å². The molecule has 7 heteroatoms. The lowest BCUT2D eigenvalue weighted by Crippen LogP contribution is -2.34. The lowest BCUT2D eigenvalue weighted by Gasteiger charge is -2.08. The summed E-state index contributed by atoms with van der Waals surface area (Å²) in [4.78, 5) is 34.8. The van der Waals surface area contributed by atoms with E-state index >= 15 is 0 Å². The molecule has 2 aromatic carbocycles. The van der Waals surface area contributed by atoms with E-state index < -0.39 is 24.4 Å². The highest BCUT2D eigenvalue weighted by atomic mass is 16.5. The van der Waals surface area contributed by atoms with Crippen molar-refractivity contribution in [2.24, 2.45) is 0 Å². The fraction of sp³-hybridized carbons (Fsp3) is 0.150. The van der Waals surface area contributed by atoms with Gasteiger partial charge in [-0.15, -0.1) is 6.42 Å². The zero-order valence-corrected chi connectivity index (χ0v) is 14.4. The molecule has 2 aromatic rings. The predicted octanol–water partition coefficient (Wildman–Crippen LogP) is 1.50. The zero-order valence-electron chi connectivity index (χ0n) is 14.4. The number of hydrogen-bond acceptors (Lipinski definition) is 5. The monoisotopic (exact) mass is 366 g/mol. The Morgan fingerprint density at radius 2 is 1.59 bits per heavy atom. The number of benzene rings is 2. The third-order valence-electron chi connectivity index (χ3n) is 3.24. The first-order chi connectivity index (χ1) is 13.1. The smallest absolute Gasteiger partial charge is 0.325 e. The molecule has 138 valence electrons. The summed E-state index contributed by atoms with van der Waals surface area (Å²) in [5.74, 6) is 1.79. The van der Waals surface area contributed by atoms with Crippen LogP contribution in [0, 0.1) is 12.3 Å². The molecular formula is C20H18N2O5. The molecule has 0 radical (unpaired) electrons. The van der Waals surface area contributed by atoms with Crippen LogP contribution in [0.15, 0.2) is 54.6 Å². The first-order valence-corrected chi connectivity index (χ1v) is 8.05. The number of nitrogens with one attached hydrogen (secondary N) is 2. The Hall–Kier alpha value is -3.79.